The van der Waals surface area contributed by atoms with Crippen molar-refractivity contribution < 1.29 is 24.2 Å². The van der Waals surface area contributed by atoms with Crippen LogP contribution >= 0.6 is 0 Å². The topological polar surface area (TPSA) is 134 Å². The zero-order chi connectivity index (χ0) is 31.9. The number of nitrogens with zero attached hydrogens (tertiary/aromatic N) is 6. The number of nitrogens with one attached hydrogen (secondary N) is 1. The molecular formula is C34H41N7O5. The number of carboxylic acid groups (broad SMARTS) is 1. The molecule has 2 saturated heterocycles. The van der Waals surface area contributed by atoms with Crippen LogP contribution in [-0.2, 0) is 16.1 Å². The molecule has 1 saturated carbocycles. The number of likely N-dealkylation sites (tertiary alicyclic amines) is 2. The van der Waals surface area contributed by atoms with Gasteiger partial charge in [0.15, 0.2) is 0 Å². The molecule has 1 atom stereocenters. The lowest BCUT2D eigenvalue weighted by molar-refractivity contribution is -0.136. The van der Waals surface area contributed by atoms with Crippen LogP contribution in [0.3, 0.4) is 0 Å². The smallest absolute Gasteiger partial charge is 0.404 e. The molecule has 7 rings (SSSR count). The van der Waals surface area contributed by atoms with Gasteiger partial charge in [0.1, 0.15) is 12.3 Å². The summed E-state index contributed by atoms with van der Waals surface area (Å²) in [6.45, 7) is 5.44. The van der Waals surface area contributed by atoms with Crippen LogP contribution in [-0.4, -0.2) is 97.9 Å². The van der Waals surface area contributed by atoms with Crippen LogP contribution in [0.1, 0.15) is 66.1 Å². The first-order valence-corrected chi connectivity index (χ1v) is 16.3. The highest BCUT2D eigenvalue weighted by atomic mass is 16.5. The van der Waals surface area contributed by atoms with E-state index in [1.165, 1.54) is 12.8 Å². The Morgan fingerprint density at radius 3 is 2.59 bits per heavy atom. The zero-order valence-corrected chi connectivity index (χ0v) is 26.4. The fraction of sp³-hybridized carbons (Fsp3) is 0.500. The van der Waals surface area contributed by atoms with E-state index in [0.29, 0.717) is 37.7 Å². The van der Waals surface area contributed by atoms with Crippen molar-refractivity contribution in [2.24, 2.45) is 5.92 Å². The van der Waals surface area contributed by atoms with Gasteiger partial charge in [0.05, 0.1) is 28.0 Å². The molecule has 2 N–H and O–H groups in total. The van der Waals surface area contributed by atoms with Gasteiger partial charge in [0.2, 0.25) is 5.91 Å². The van der Waals surface area contributed by atoms with E-state index >= 15 is 0 Å². The van der Waals surface area contributed by atoms with E-state index in [2.05, 4.69) is 28.9 Å². The predicted molar refractivity (Wildman–Crippen MR) is 172 cm³/mol. The van der Waals surface area contributed by atoms with Crippen molar-refractivity contribution in [1.29, 1.82) is 0 Å². The average Bonchev–Trinajstić information content (AvgIpc) is 3.73. The second-order valence-electron chi connectivity index (χ2n) is 13.1. The monoisotopic (exact) mass is 627 g/mol. The summed E-state index contributed by atoms with van der Waals surface area (Å²) in [4.78, 5) is 45.6. The normalized spacial score (nSPS) is 19.2. The van der Waals surface area contributed by atoms with E-state index in [-0.39, 0.29) is 30.4 Å². The van der Waals surface area contributed by atoms with E-state index in [0.717, 1.165) is 71.3 Å². The van der Waals surface area contributed by atoms with E-state index in [9.17, 15) is 14.4 Å². The number of pyridine rings is 2. The summed E-state index contributed by atoms with van der Waals surface area (Å²) in [6, 6.07) is 7.84. The minimum Gasteiger partial charge on any atom is -0.465 e. The SMILES string of the molecule is COCC(=O)N1CCC(c2nccc3cc(-c4nn5cc(C(=O)N6CCC[C@@H](NC(=O)O)C6)ccc5c4C)n(CC4CC4)c23)CC1. The van der Waals surface area contributed by atoms with Crippen molar-refractivity contribution >= 4 is 34.3 Å². The highest BCUT2D eigenvalue weighted by Gasteiger charge is 2.31. The number of hydrogen-bond acceptors (Lipinski definition) is 6. The van der Waals surface area contributed by atoms with Crippen molar-refractivity contribution in [3.05, 3.63) is 53.5 Å². The number of aryl methyl sites for hydroxylation is 1. The first kappa shape index (κ1) is 30.2. The Balaban J connectivity index is 1.21. The second kappa shape index (κ2) is 12.4. The van der Waals surface area contributed by atoms with Gasteiger partial charge in [0, 0.05) is 75.1 Å². The van der Waals surface area contributed by atoms with Crippen LogP contribution in [0.15, 0.2) is 36.7 Å². The summed E-state index contributed by atoms with van der Waals surface area (Å²) >= 11 is 0. The van der Waals surface area contributed by atoms with Crippen LogP contribution < -0.4 is 5.32 Å². The summed E-state index contributed by atoms with van der Waals surface area (Å²) in [5.74, 6) is 0.796. The van der Waals surface area contributed by atoms with Gasteiger partial charge in [-0.3, -0.25) is 14.6 Å². The van der Waals surface area contributed by atoms with Crippen molar-refractivity contribution in [1.82, 2.24) is 34.3 Å². The number of hydrogen-bond donors (Lipinski definition) is 2. The van der Waals surface area contributed by atoms with Crippen LogP contribution in [0.25, 0.3) is 27.8 Å². The first-order valence-electron chi connectivity index (χ1n) is 16.3. The number of carbonyl (C=O) groups excluding carboxylic acids is 2. The molecule has 3 fully saturated rings. The van der Waals surface area contributed by atoms with Gasteiger partial charge in [-0.2, -0.15) is 5.10 Å². The molecule has 12 heteroatoms. The lowest BCUT2D eigenvalue weighted by Crippen LogP contribution is -2.49. The Hall–Kier alpha value is -4.45. The number of aromatic nitrogens is 4. The third-order valence-corrected chi connectivity index (χ3v) is 9.88. The standard InChI is InChI=1S/C34H41N7O5/c1-21-27-8-7-25(33(43)39-13-3-4-26(19-39)36-34(44)45)18-41(27)37-30(21)28-16-24-9-12-35-31(32(24)40(28)17-22-5-6-22)23-10-14-38(15-11-23)29(42)20-46-2/h7-9,12,16,18,22-23,26,36H,3-6,10-11,13-15,17,19-20H2,1-2H3,(H,44,45)/t26-/m1/s1. The van der Waals surface area contributed by atoms with E-state index in [1.54, 1.807) is 22.7 Å². The maximum atomic E-state index is 13.5. The van der Waals surface area contributed by atoms with Crippen molar-refractivity contribution in [2.75, 3.05) is 39.9 Å². The lowest BCUT2D eigenvalue weighted by Gasteiger charge is -2.32. The fourth-order valence-corrected chi connectivity index (χ4v) is 7.28. The molecule has 0 aromatic carbocycles. The molecule has 3 amide bonds. The van der Waals surface area contributed by atoms with Gasteiger partial charge in [-0.1, -0.05) is 0 Å². The van der Waals surface area contributed by atoms with Gasteiger partial charge in [-0.25, -0.2) is 9.31 Å². The zero-order valence-electron chi connectivity index (χ0n) is 26.4. The largest absolute Gasteiger partial charge is 0.465 e. The number of piperidine rings is 2. The molecule has 46 heavy (non-hydrogen) atoms. The lowest BCUT2D eigenvalue weighted by atomic mass is 9.92. The van der Waals surface area contributed by atoms with Gasteiger partial charge < -0.3 is 29.5 Å². The quantitative estimate of drug-likeness (QED) is 0.298. The Bertz CT molecular complexity index is 1800. The van der Waals surface area contributed by atoms with E-state index in [1.807, 2.05) is 23.2 Å². The highest BCUT2D eigenvalue weighted by Crippen LogP contribution is 2.40. The molecule has 4 aromatic heterocycles. The molecule has 0 radical (unpaired) electrons. The van der Waals surface area contributed by atoms with Gasteiger partial charge in [0.25, 0.3) is 5.91 Å². The van der Waals surface area contributed by atoms with Gasteiger partial charge in [-0.05, 0) is 75.6 Å². The third-order valence-electron chi connectivity index (χ3n) is 9.88. The van der Waals surface area contributed by atoms with E-state index in [4.69, 9.17) is 19.9 Å². The Kier molecular flexibility index (Phi) is 8.14. The minimum absolute atomic E-state index is 0.0361. The van der Waals surface area contributed by atoms with Crippen molar-refractivity contribution in [3.63, 3.8) is 0 Å². The molecule has 12 nitrogen and oxygen atoms in total. The fourth-order valence-electron chi connectivity index (χ4n) is 7.28. The van der Waals surface area contributed by atoms with Crippen molar-refractivity contribution in [2.45, 2.75) is 64.0 Å². The Morgan fingerprint density at radius 1 is 1.04 bits per heavy atom. The van der Waals surface area contributed by atoms with Gasteiger partial charge >= 0.3 is 6.09 Å². The molecule has 6 heterocycles. The number of rotatable bonds is 8. The molecule has 4 aromatic rings. The van der Waals surface area contributed by atoms with Crippen LogP contribution in [0, 0.1) is 12.8 Å². The Morgan fingerprint density at radius 2 is 1.85 bits per heavy atom. The first-order chi connectivity index (χ1) is 22.3. The predicted octanol–water partition coefficient (Wildman–Crippen LogP) is 4.29. The number of ether oxygens (including phenoxy) is 1. The van der Waals surface area contributed by atoms with E-state index < -0.39 is 6.09 Å². The molecule has 0 spiro atoms. The summed E-state index contributed by atoms with van der Waals surface area (Å²) in [5, 5.41) is 17.9. The summed E-state index contributed by atoms with van der Waals surface area (Å²) < 4.78 is 9.29. The molecule has 0 unspecified atom stereocenters. The Labute approximate surface area is 267 Å². The third kappa shape index (κ3) is 5.81. The molecule has 2 aliphatic heterocycles. The number of carbonyl (C=O) groups is 3. The molecule has 1 aliphatic carbocycles. The van der Waals surface area contributed by atoms with Crippen LogP contribution in [0.5, 0.6) is 0 Å². The maximum absolute atomic E-state index is 13.5. The number of amides is 3. The van der Waals surface area contributed by atoms with Crippen LogP contribution in [0.2, 0.25) is 0 Å². The number of fused-ring (bicyclic) bond motifs is 2. The molecule has 0 bridgehead atoms. The highest BCUT2D eigenvalue weighted by molar-refractivity contribution is 5.95. The summed E-state index contributed by atoms with van der Waals surface area (Å²) in [5.41, 5.74) is 6.69. The molecule has 3 aliphatic rings. The molecular weight excluding hydrogens is 586 g/mol. The number of methoxy groups -OCH3 is 1. The average molecular weight is 628 g/mol. The van der Waals surface area contributed by atoms with Crippen LogP contribution in [0.4, 0.5) is 4.79 Å². The van der Waals surface area contributed by atoms with Crippen molar-refractivity contribution in [3.8, 4) is 11.4 Å². The minimum atomic E-state index is -1.07. The second-order valence-corrected chi connectivity index (χ2v) is 13.1. The summed E-state index contributed by atoms with van der Waals surface area (Å²) in [6.07, 6.45) is 8.24. The molecule has 242 valence electrons. The van der Waals surface area contributed by atoms with Gasteiger partial charge in [-0.15, -0.1) is 0 Å². The summed E-state index contributed by atoms with van der Waals surface area (Å²) in [7, 11) is 1.55. The maximum Gasteiger partial charge on any atom is 0.404 e.